The quantitative estimate of drug-likeness (QED) is 0.857. The van der Waals surface area contributed by atoms with Gasteiger partial charge in [0, 0.05) is 11.8 Å². The van der Waals surface area contributed by atoms with Crippen LogP contribution in [0.25, 0.3) is 0 Å². The SMILES string of the molecule is c1coc(CN=C2NC3CCCC3CS2)c1. The molecule has 0 spiro atoms. The van der Waals surface area contributed by atoms with E-state index in [0.29, 0.717) is 12.6 Å². The normalized spacial score (nSPS) is 31.4. The predicted molar refractivity (Wildman–Crippen MR) is 66.6 cm³/mol. The fourth-order valence-corrected chi connectivity index (χ4v) is 3.62. The van der Waals surface area contributed by atoms with E-state index in [-0.39, 0.29) is 0 Å². The average Bonchev–Trinajstić information content (AvgIpc) is 2.97. The van der Waals surface area contributed by atoms with Gasteiger partial charge in [0.25, 0.3) is 0 Å². The van der Waals surface area contributed by atoms with Gasteiger partial charge in [0.05, 0.1) is 12.8 Å². The van der Waals surface area contributed by atoms with Crippen molar-refractivity contribution in [3.05, 3.63) is 24.2 Å². The van der Waals surface area contributed by atoms with Crippen LogP contribution in [0.4, 0.5) is 0 Å². The third kappa shape index (κ3) is 2.12. The van der Waals surface area contributed by atoms with Gasteiger partial charge in [-0.05, 0) is 30.9 Å². The van der Waals surface area contributed by atoms with Crippen molar-refractivity contribution < 1.29 is 4.42 Å². The summed E-state index contributed by atoms with van der Waals surface area (Å²) in [5.74, 6) is 3.03. The first kappa shape index (κ1) is 10.3. The molecule has 2 aliphatic rings. The van der Waals surface area contributed by atoms with Gasteiger partial charge < -0.3 is 9.73 Å². The summed E-state index contributed by atoms with van der Waals surface area (Å²) in [5.41, 5.74) is 0. The van der Waals surface area contributed by atoms with E-state index in [1.807, 2.05) is 23.9 Å². The molecule has 1 aliphatic heterocycles. The van der Waals surface area contributed by atoms with Crippen LogP contribution in [0, 0.1) is 5.92 Å². The van der Waals surface area contributed by atoms with Crippen molar-refractivity contribution in [3.63, 3.8) is 0 Å². The first-order valence-electron chi connectivity index (χ1n) is 5.88. The van der Waals surface area contributed by atoms with Crippen LogP contribution in [0.5, 0.6) is 0 Å². The van der Waals surface area contributed by atoms with E-state index < -0.39 is 0 Å². The summed E-state index contributed by atoms with van der Waals surface area (Å²) in [6, 6.07) is 4.55. The molecule has 4 heteroatoms. The van der Waals surface area contributed by atoms with Gasteiger partial charge in [-0.15, -0.1) is 0 Å². The topological polar surface area (TPSA) is 37.5 Å². The van der Waals surface area contributed by atoms with E-state index in [0.717, 1.165) is 16.8 Å². The Morgan fingerprint density at radius 2 is 2.50 bits per heavy atom. The van der Waals surface area contributed by atoms with Crippen molar-refractivity contribution >= 4 is 16.9 Å². The first-order chi connectivity index (χ1) is 7.92. The van der Waals surface area contributed by atoms with E-state index in [1.165, 1.54) is 25.0 Å². The van der Waals surface area contributed by atoms with Crippen LogP contribution in [-0.2, 0) is 6.54 Å². The lowest BCUT2D eigenvalue weighted by Gasteiger charge is -2.27. The molecule has 1 saturated carbocycles. The number of furan rings is 1. The van der Waals surface area contributed by atoms with Gasteiger partial charge in [0.15, 0.2) is 5.17 Å². The number of thioether (sulfide) groups is 1. The van der Waals surface area contributed by atoms with Gasteiger partial charge in [-0.2, -0.15) is 0 Å². The summed E-state index contributed by atoms with van der Waals surface area (Å²) >= 11 is 1.86. The molecule has 3 nitrogen and oxygen atoms in total. The smallest absolute Gasteiger partial charge is 0.157 e. The lowest BCUT2D eigenvalue weighted by Crippen LogP contribution is -2.41. The lowest BCUT2D eigenvalue weighted by molar-refractivity contribution is 0.487. The van der Waals surface area contributed by atoms with Crippen LogP contribution >= 0.6 is 11.8 Å². The summed E-state index contributed by atoms with van der Waals surface area (Å²) in [6.45, 7) is 0.653. The van der Waals surface area contributed by atoms with Crippen LogP contribution in [0.2, 0.25) is 0 Å². The van der Waals surface area contributed by atoms with Crippen molar-refractivity contribution in [1.29, 1.82) is 0 Å². The molecule has 0 radical (unpaired) electrons. The highest BCUT2D eigenvalue weighted by atomic mass is 32.2. The molecule has 2 unspecified atom stereocenters. The monoisotopic (exact) mass is 236 g/mol. The second-order valence-electron chi connectivity index (χ2n) is 4.45. The van der Waals surface area contributed by atoms with E-state index >= 15 is 0 Å². The average molecular weight is 236 g/mol. The molecule has 1 aliphatic carbocycles. The van der Waals surface area contributed by atoms with E-state index in [1.54, 1.807) is 6.26 Å². The molecule has 86 valence electrons. The van der Waals surface area contributed by atoms with Crippen LogP contribution in [-0.4, -0.2) is 17.0 Å². The molecule has 2 heterocycles. The van der Waals surface area contributed by atoms with Crippen molar-refractivity contribution in [2.24, 2.45) is 10.9 Å². The number of hydrogen-bond acceptors (Lipinski definition) is 3. The molecule has 1 saturated heterocycles. The summed E-state index contributed by atoms with van der Waals surface area (Å²) in [4.78, 5) is 4.56. The highest BCUT2D eigenvalue weighted by Crippen LogP contribution is 2.32. The molecule has 16 heavy (non-hydrogen) atoms. The molecular formula is C12H16N2OS. The Hall–Kier alpha value is -0.900. The minimum absolute atomic E-state index is 0.653. The van der Waals surface area contributed by atoms with Gasteiger partial charge in [-0.1, -0.05) is 18.2 Å². The largest absolute Gasteiger partial charge is 0.467 e. The van der Waals surface area contributed by atoms with E-state index in [4.69, 9.17) is 4.42 Å². The summed E-state index contributed by atoms with van der Waals surface area (Å²) in [5, 5.41) is 4.65. The molecule has 1 aromatic rings. The van der Waals surface area contributed by atoms with Crippen LogP contribution < -0.4 is 5.32 Å². The summed E-state index contributed by atoms with van der Waals surface area (Å²) in [6.07, 6.45) is 5.76. The Labute approximate surface area is 99.7 Å². The number of hydrogen-bond donors (Lipinski definition) is 1. The third-order valence-corrected chi connectivity index (χ3v) is 4.48. The second kappa shape index (κ2) is 4.53. The number of nitrogens with zero attached hydrogens (tertiary/aromatic N) is 1. The number of amidine groups is 1. The molecule has 1 aromatic heterocycles. The van der Waals surface area contributed by atoms with Crippen LogP contribution in [0.15, 0.2) is 27.8 Å². The Kier molecular flexibility index (Phi) is 2.91. The maximum absolute atomic E-state index is 5.27. The number of rotatable bonds is 2. The first-order valence-corrected chi connectivity index (χ1v) is 6.86. The van der Waals surface area contributed by atoms with Crippen molar-refractivity contribution in [2.75, 3.05) is 5.75 Å². The molecule has 0 aromatic carbocycles. The Morgan fingerprint density at radius 3 is 3.38 bits per heavy atom. The third-order valence-electron chi connectivity index (χ3n) is 3.36. The number of aliphatic imine (C=N–C) groups is 1. The number of fused-ring (bicyclic) bond motifs is 1. The zero-order chi connectivity index (χ0) is 10.8. The molecule has 2 atom stereocenters. The Balaban J connectivity index is 1.61. The van der Waals surface area contributed by atoms with Gasteiger partial charge in [-0.25, -0.2) is 0 Å². The summed E-state index contributed by atoms with van der Waals surface area (Å²) < 4.78 is 5.27. The molecule has 3 rings (SSSR count). The number of nitrogens with one attached hydrogen (secondary N) is 1. The van der Waals surface area contributed by atoms with E-state index in [9.17, 15) is 0 Å². The second-order valence-corrected chi connectivity index (χ2v) is 5.46. The van der Waals surface area contributed by atoms with Crippen LogP contribution in [0.3, 0.4) is 0 Å². The Morgan fingerprint density at radius 1 is 1.50 bits per heavy atom. The fourth-order valence-electron chi connectivity index (χ4n) is 2.46. The van der Waals surface area contributed by atoms with Crippen molar-refractivity contribution in [3.8, 4) is 0 Å². The minimum Gasteiger partial charge on any atom is -0.467 e. The van der Waals surface area contributed by atoms with E-state index in [2.05, 4.69) is 10.3 Å². The zero-order valence-corrected chi connectivity index (χ0v) is 10.0. The van der Waals surface area contributed by atoms with Gasteiger partial charge in [-0.3, -0.25) is 4.99 Å². The molecular weight excluding hydrogens is 220 g/mol. The van der Waals surface area contributed by atoms with Gasteiger partial charge >= 0.3 is 0 Å². The lowest BCUT2D eigenvalue weighted by atomic mass is 10.1. The zero-order valence-electron chi connectivity index (χ0n) is 9.19. The molecule has 0 bridgehead atoms. The molecule has 2 fully saturated rings. The maximum atomic E-state index is 5.27. The van der Waals surface area contributed by atoms with Crippen molar-refractivity contribution in [2.45, 2.75) is 31.8 Å². The minimum atomic E-state index is 0.653. The fraction of sp³-hybridized carbons (Fsp3) is 0.583. The van der Waals surface area contributed by atoms with Crippen molar-refractivity contribution in [1.82, 2.24) is 5.32 Å². The van der Waals surface area contributed by atoms with Gasteiger partial charge in [0.1, 0.15) is 5.76 Å². The Bertz CT molecular complexity index is 374. The molecule has 1 N–H and O–H groups in total. The maximum Gasteiger partial charge on any atom is 0.157 e. The van der Waals surface area contributed by atoms with Crippen LogP contribution in [0.1, 0.15) is 25.0 Å². The highest BCUT2D eigenvalue weighted by molar-refractivity contribution is 8.13. The predicted octanol–water partition coefficient (Wildman–Crippen LogP) is 2.64. The standard InChI is InChI=1S/C12H16N2OS/c1-3-9-8-16-12(14-11(9)5-1)13-7-10-4-2-6-15-10/h2,4,6,9,11H,1,3,5,7-8H2,(H,13,14). The summed E-state index contributed by atoms with van der Waals surface area (Å²) in [7, 11) is 0. The van der Waals surface area contributed by atoms with Gasteiger partial charge in [0.2, 0.25) is 0 Å². The molecule has 0 amide bonds. The highest BCUT2D eigenvalue weighted by Gasteiger charge is 2.31.